The lowest BCUT2D eigenvalue weighted by atomic mass is 9.91. The van der Waals surface area contributed by atoms with Gasteiger partial charge in [0.25, 0.3) is 5.91 Å². The zero-order chi connectivity index (χ0) is 22.1. The average Bonchev–Trinajstić information content (AvgIpc) is 2.94. The lowest BCUT2D eigenvalue weighted by molar-refractivity contribution is -0.133. The van der Waals surface area contributed by atoms with Crippen LogP contribution >= 0.6 is 0 Å². The molecular formula is C21H22FN3O5. The van der Waals surface area contributed by atoms with Crippen LogP contribution in [-0.4, -0.2) is 43.5 Å². The number of rotatable bonds is 6. The Hall–Kier alpha value is -3.62. The van der Waals surface area contributed by atoms with Crippen LogP contribution < -0.4 is 20.1 Å². The summed E-state index contributed by atoms with van der Waals surface area (Å²) < 4.78 is 24.1. The summed E-state index contributed by atoms with van der Waals surface area (Å²) in [6, 6.07) is 8.38. The molecule has 2 aromatic rings. The number of methoxy groups -OCH3 is 2. The number of carbonyl (C=O) groups is 3. The average molecular weight is 415 g/mol. The van der Waals surface area contributed by atoms with E-state index in [-0.39, 0.29) is 5.69 Å². The van der Waals surface area contributed by atoms with Gasteiger partial charge >= 0.3 is 6.03 Å². The molecule has 0 aromatic heterocycles. The maximum Gasteiger partial charge on any atom is 0.325 e. The molecule has 1 aliphatic rings. The van der Waals surface area contributed by atoms with E-state index >= 15 is 0 Å². The van der Waals surface area contributed by atoms with Crippen LogP contribution in [0.3, 0.4) is 0 Å². The molecule has 1 heterocycles. The maximum atomic E-state index is 13.7. The third kappa shape index (κ3) is 3.78. The maximum absolute atomic E-state index is 13.7. The molecule has 3 rings (SSSR count). The van der Waals surface area contributed by atoms with Gasteiger partial charge in [0, 0.05) is 5.69 Å². The Morgan fingerprint density at radius 1 is 1.13 bits per heavy atom. The molecule has 1 aliphatic heterocycles. The normalized spacial score (nSPS) is 18.2. The van der Waals surface area contributed by atoms with Gasteiger partial charge in [0.1, 0.15) is 17.9 Å². The third-order valence-corrected chi connectivity index (χ3v) is 4.99. The van der Waals surface area contributed by atoms with E-state index in [2.05, 4.69) is 10.6 Å². The number of benzene rings is 2. The summed E-state index contributed by atoms with van der Waals surface area (Å²) in [5.74, 6) is -0.814. The minimum atomic E-state index is -1.38. The van der Waals surface area contributed by atoms with Crippen LogP contribution in [0.1, 0.15) is 18.1 Å². The molecule has 1 saturated heterocycles. The molecule has 0 spiro atoms. The van der Waals surface area contributed by atoms with E-state index in [0.717, 1.165) is 4.90 Å². The second kappa shape index (κ2) is 8.02. The zero-order valence-corrected chi connectivity index (χ0v) is 17.0. The summed E-state index contributed by atoms with van der Waals surface area (Å²) >= 11 is 0. The lowest BCUT2D eigenvalue weighted by Gasteiger charge is -2.23. The van der Waals surface area contributed by atoms with Gasteiger partial charge in [-0.05, 0) is 49.2 Å². The van der Waals surface area contributed by atoms with E-state index in [1.807, 2.05) is 0 Å². The van der Waals surface area contributed by atoms with Gasteiger partial charge in [0.2, 0.25) is 5.91 Å². The minimum Gasteiger partial charge on any atom is -0.493 e. The Bertz CT molecular complexity index is 1030. The van der Waals surface area contributed by atoms with Gasteiger partial charge in [-0.3, -0.25) is 14.5 Å². The van der Waals surface area contributed by atoms with Crippen molar-refractivity contribution >= 4 is 23.5 Å². The van der Waals surface area contributed by atoms with Crippen LogP contribution in [0.2, 0.25) is 0 Å². The smallest absolute Gasteiger partial charge is 0.325 e. The minimum absolute atomic E-state index is 0.234. The molecule has 0 radical (unpaired) electrons. The first-order valence-corrected chi connectivity index (χ1v) is 9.12. The second-order valence-corrected chi connectivity index (χ2v) is 7.03. The first-order valence-electron chi connectivity index (χ1n) is 9.12. The summed E-state index contributed by atoms with van der Waals surface area (Å²) in [4.78, 5) is 38.6. The molecule has 30 heavy (non-hydrogen) atoms. The van der Waals surface area contributed by atoms with Gasteiger partial charge in [0.05, 0.1) is 14.2 Å². The summed E-state index contributed by atoms with van der Waals surface area (Å²) in [5.41, 5.74) is -0.236. The molecule has 8 nitrogen and oxygen atoms in total. The number of nitrogens with one attached hydrogen (secondary N) is 2. The van der Waals surface area contributed by atoms with Crippen molar-refractivity contribution in [3.63, 3.8) is 0 Å². The van der Waals surface area contributed by atoms with E-state index in [9.17, 15) is 18.8 Å². The van der Waals surface area contributed by atoms with Crippen molar-refractivity contribution in [3.05, 3.63) is 53.3 Å². The molecule has 0 bridgehead atoms. The summed E-state index contributed by atoms with van der Waals surface area (Å²) in [5, 5.41) is 5.11. The Kier molecular flexibility index (Phi) is 5.64. The number of urea groups is 1. The summed E-state index contributed by atoms with van der Waals surface area (Å²) in [6.45, 7) is 2.63. The number of aryl methyl sites for hydroxylation is 1. The highest BCUT2D eigenvalue weighted by Gasteiger charge is 2.49. The molecule has 1 fully saturated rings. The van der Waals surface area contributed by atoms with Crippen molar-refractivity contribution in [1.82, 2.24) is 10.2 Å². The number of nitrogens with zero attached hydrogens (tertiary/aromatic N) is 1. The fraction of sp³-hybridized carbons (Fsp3) is 0.286. The summed E-state index contributed by atoms with van der Waals surface area (Å²) in [7, 11) is 2.95. The number of hydrogen-bond donors (Lipinski definition) is 2. The number of carbonyl (C=O) groups excluding carboxylic acids is 3. The van der Waals surface area contributed by atoms with Crippen LogP contribution in [0.4, 0.5) is 14.9 Å². The number of amides is 4. The SMILES string of the molecule is COc1ccc([C@@]2(C)NC(=O)N(CC(=O)Nc3ccc(C)c(F)c3)C2=O)cc1OC. The standard InChI is InChI=1S/C21H22FN3O5/c1-12-5-7-14(10-15(12)22)23-18(26)11-25-19(27)21(2,24-20(25)28)13-6-8-16(29-3)17(9-13)30-4/h5-10H,11H2,1-4H3,(H,23,26)(H,24,28)/t21-/m1/s1. The molecule has 9 heteroatoms. The van der Waals surface area contributed by atoms with Crippen molar-refractivity contribution in [2.24, 2.45) is 0 Å². The molecule has 2 N–H and O–H groups in total. The Labute approximate surface area is 173 Å². The molecule has 0 aliphatic carbocycles. The van der Waals surface area contributed by atoms with Gasteiger partial charge in [-0.25, -0.2) is 9.18 Å². The lowest BCUT2D eigenvalue weighted by Crippen LogP contribution is -2.42. The monoisotopic (exact) mass is 415 g/mol. The van der Waals surface area contributed by atoms with E-state index in [1.165, 1.54) is 32.4 Å². The van der Waals surface area contributed by atoms with Crippen molar-refractivity contribution in [2.45, 2.75) is 19.4 Å². The molecule has 1 atom stereocenters. The zero-order valence-electron chi connectivity index (χ0n) is 17.0. The third-order valence-electron chi connectivity index (χ3n) is 4.99. The van der Waals surface area contributed by atoms with Crippen molar-refractivity contribution in [3.8, 4) is 11.5 Å². The second-order valence-electron chi connectivity index (χ2n) is 7.03. The Morgan fingerprint density at radius 3 is 2.47 bits per heavy atom. The quantitative estimate of drug-likeness (QED) is 0.707. The van der Waals surface area contributed by atoms with Crippen molar-refractivity contribution in [2.75, 3.05) is 26.1 Å². The van der Waals surface area contributed by atoms with Crippen molar-refractivity contribution < 1.29 is 28.2 Å². The van der Waals surface area contributed by atoms with Crippen LogP contribution in [0.5, 0.6) is 11.5 Å². The largest absolute Gasteiger partial charge is 0.493 e. The summed E-state index contributed by atoms with van der Waals surface area (Å²) in [6.07, 6.45) is 0. The topological polar surface area (TPSA) is 97.0 Å². The van der Waals surface area contributed by atoms with Crippen molar-refractivity contribution in [1.29, 1.82) is 0 Å². The van der Waals surface area contributed by atoms with Gasteiger partial charge in [0.15, 0.2) is 11.5 Å². The van der Waals surface area contributed by atoms with Crippen LogP contribution in [0.25, 0.3) is 0 Å². The number of hydrogen-bond acceptors (Lipinski definition) is 5. The van der Waals surface area contributed by atoms with E-state index < -0.39 is 35.7 Å². The predicted octanol–water partition coefficient (Wildman–Crippen LogP) is 2.56. The number of imide groups is 1. The number of halogens is 1. The fourth-order valence-electron chi connectivity index (χ4n) is 3.20. The Balaban J connectivity index is 1.78. The van der Waals surface area contributed by atoms with Gasteiger partial charge < -0.3 is 20.1 Å². The highest BCUT2D eigenvalue weighted by atomic mass is 19.1. The van der Waals surface area contributed by atoms with E-state index in [0.29, 0.717) is 22.6 Å². The van der Waals surface area contributed by atoms with Gasteiger partial charge in [-0.2, -0.15) is 0 Å². The molecule has 2 aromatic carbocycles. The molecule has 158 valence electrons. The predicted molar refractivity (Wildman–Crippen MR) is 107 cm³/mol. The molecule has 0 saturated carbocycles. The van der Waals surface area contributed by atoms with E-state index in [4.69, 9.17) is 9.47 Å². The molecule has 4 amide bonds. The molecule has 0 unspecified atom stereocenters. The highest BCUT2D eigenvalue weighted by molar-refractivity contribution is 6.10. The van der Waals surface area contributed by atoms with Crippen LogP contribution in [0.15, 0.2) is 36.4 Å². The fourth-order valence-corrected chi connectivity index (χ4v) is 3.20. The first kappa shape index (κ1) is 21.1. The van der Waals surface area contributed by atoms with Gasteiger partial charge in [-0.1, -0.05) is 12.1 Å². The highest BCUT2D eigenvalue weighted by Crippen LogP contribution is 2.35. The number of anilines is 1. The first-order chi connectivity index (χ1) is 14.2. The Morgan fingerprint density at radius 2 is 1.83 bits per heavy atom. The van der Waals surface area contributed by atoms with Gasteiger partial charge in [-0.15, -0.1) is 0 Å². The van der Waals surface area contributed by atoms with E-state index in [1.54, 1.807) is 32.0 Å². The van der Waals surface area contributed by atoms with Crippen LogP contribution in [-0.2, 0) is 15.1 Å². The number of ether oxygens (including phenoxy) is 2. The van der Waals surface area contributed by atoms with Crippen LogP contribution in [0, 0.1) is 12.7 Å². The molecular weight excluding hydrogens is 393 g/mol.